The molecular weight excluding hydrogens is 486 g/mol. The summed E-state index contributed by atoms with van der Waals surface area (Å²) in [5.41, 5.74) is 1.36. The second-order valence-electron chi connectivity index (χ2n) is 6.94. The molecule has 2 heterocycles. The van der Waals surface area contributed by atoms with Gasteiger partial charge < -0.3 is 14.8 Å². The molecule has 33 heavy (non-hydrogen) atoms. The van der Waals surface area contributed by atoms with Gasteiger partial charge in [-0.3, -0.25) is 9.36 Å². The summed E-state index contributed by atoms with van der Waals surface area (Å²) < 4.78 is 39.1. The third kappa shape index (κ3) is 4.32. The number of hydrogen-bond acceptors (Lipinski definition) is 8. The lowest BCUT2D eigenvalue weighted by Crippen LogP contribution is -2.35. The summed E-state index contributed by atoms with van der Waals surface area (Å²) >= 11 is 0. The van der Waals surface area contributed by atoms with Gasteiger partial charge in [0.05, 0.1) is 35.4 Å². The van der Waals surface area contributed by atoms with Gasteiger partial charge in [0.15, 0.2) is 0 Å². The van der Waals surface area contributed by atoms with Crippen LogP contribution in [0.2, 0.25) is 0 Å². The second-order valence-corrected chi connectivity index (χ2v) is 10.7. The van der Waals surface area contributed by atoms with Gasteiger partial charge in [0, 0.05) is 11.4 Å². The number of aromatic nitrogens is 1. The van der Waals surface area contributed by atoms with Gasteiger partial charge in [-0.15, -0.1) is 0 Å². The first-order valence-corrected chi connectivity index (χ1v) is 13.2. The molecule has 0 spiro atoms. The molecule has 0 aliphatic carbocycles. The van der Waals surface area contributed by atoms with Crippen LogP contribution in [0.3, 0.4) is 0 Å². The maximum Gasteiger partial charge on any atom is 0.333 e. The highest BCUT2D eigenvalue weighted by molar-refractivity contribution is 7.90. The standard InChI is InChI=1S/C21H19N3O6S3/c1-12-4-7-14(8-5-12)33(27,28)23-21(26)22-18-19-16(11-31-32-19)24(20(18)25)15-9-6-13(29-2)10-17(15)30-3/h4-11H,1-3H3,(H2,22,23,26). The van der Waals surface area contributed by atoms with Gasteiger partial charge in [0.2, 0.25) is 0 Å². The molecule has 172 valence electrons. The molecule has 0 atom stereocenters. The Morgan fingerprint density at radius 1 is 1.06 bits per heavy atom. The van der Waals surface area contributed by atoms with E-state index in [-0.39, 0.29) is 10.6 Å². The highest BCUT2D eigenvalue weighted by Gasteiger charge is 2.28. The first-order chi connectivity index (χ1) is 15.7. The van der Waals surface area contributed by atoms with Crippen LogP contribution >= 0.6 is 20.7 Å². The van der Waals surface area contributed by atoms with Crippen LogP contribution < -0.4 is 25.1 Å². The van der Waals surface area contributed by atoms with E-state index in [2.05, 4.69) is 5.32 Å². The molecule has 0 bridgehead atoms. The van der Waals surface area contributed by atoms with Crippen molar-refractivity contribution in [2.45, 2.75) is 11.8 Å². The third-order valence-corrected chi connectivity index (χ3v) is 8.25. The van der Waals surface area contributed by atoms with Crippen LogP contribution in [-0.4, -0.2) is 33.2 Å². The summed E-state index contributed by atoms with van der Waals surface area (Å²) in [5.74, 6) is 0.955. The fraction of sp³-hybridized carbons (Fsp3) is 0.143. The Labute approximate surface area is 197 Å². The fourth-order valence-electron chi connectivity index (χ4n) is 3.21. The van der Waals surface area contributed by atoms with Crippen molar-refractivity contribution in [1.82, 2.24) is 9.29 Å². The number of anilines is 1. The van der Waals surface area contributed by atoms with Gasteiger partial charge in [0.1, 0.15) is 17.2 Å². The largest absolute Gasteiger partial charge is 0.497 e. The number of nitrogens with one attached hydrogen (secondary N) is 2. The van der Waals surface area contributed by atoms with Crippen molar-refractivity contribution >= 4 is 42.4 Å². The summed E-state index contributed by atoms with van der Waals surface area (Å²) in [5, 5.41) is 4.19. The minimum absolute atomic E-state index is 0.0225. The van der Waals surface area contributed by atoms with E-state index in [0.29, 0.717) is 27.8 Å². The normalized spacial score (nSPS) is 11.4. The van der Waals surface area contributed by atoms with Crippen LogP contribution in [0.25, 0.3) is 16.3 Å². The van der Waals surface area contributed by atoms with Crippen LogP contribution in [0.4, 0.5) is 10.5 Å². The van der Waals surface area contributed by atoms with Gasteiger partial charge in [-0.2, -0.15) is 0 Å². The Morgan fingerprint density at radius 3 is 2.45 bits per heavy atom. The molecule has 0 unspecified atom stereocenters. The number of ether oxygens (including phenoxy) is 2. The molecule has 2 aliphatic heterocycles. The van der Waals surface area contributed by atoms with Crippen LogP contribution in [0.15, 0.2) is 57.5 Å². The van der Waals surface area contributed by atoms with Crippen molar-refractivity contribution in [2.75, 3.05) is 19.5 Å². The lowest BCUT2D eigenvalue weighted by Gasteiger charge is -2.11. The monoisotopic (exact) mass is 505 g/mol. The zero-order valence-electron chi connectivity index (χ0n) is 17.7. The molecule has 2 amide bonds. The molecule has 2 N–H and O–H groups in total. The van der Waals surface area contributed by atoms with Crippen LogP contribution in [-0.2, 0) is 10.0 Å². The van der Waals surface area contributed by atoms with E-state index < -0.39 is 21.6 Å². The van der Waals surface area contributed by atoms with Crippen LogP contribution in [0.5, 0.6) is 11.5 Å². The number of carbonyl (C=O) groups excluding carboxylic acids is 1. The van der Waals surface area contributed by atoms with Gasteiger partial charge in [-0.05, 0) is 31.2 Å². The Morgan fingerprint density at radius 2 is 1.79 bits per heavy atom. The molecule has 2 aromatic carbocycles. The number of rotatable bonds is 6. The number of amides is 2. The first kappa shape index (κ1) is 22.8. The number of carbonyl (C=O) groups is 1. The van der Waals surface area contributed by atoms with E-state index >= 15 is 0 Å². The number of methoxy groups -OCH3 is 2. The summed E-state index contributed by atoms with van der Waals surface area (Å²) in [6.45, 7) is 1.82. The van der Waals surface area contributed by atoms with E-state index in [4.69, 9.17) is 9.47 Å². The molecule has 12 heteroatoms. The summed E-state index contributed by atoms with van der Waals surface area (Å²) in [4.78, 5) is 26.3. The van der Waals surface area contributed by atoms with Gasteiger partial charge in [-0.1, -0.05) is 38.4 Å². The highest BCUT2D eigenvalue weighted by Crippen LogP contribution is 2.40. The van der Waals surface area contributed by atoms with Crippen LogP contribution in [0, 0.1) is 6.92 Å². The molecule has 0 radical (unpaired) electrons. The van der Waals surface area contributed by atoms with E-state index in [1.807, 2.05) is 11.6 Å². The first-order valence-electron chi connectivity index (χ1n) is 9.50. The molecule has 9 nitrogen and oxygen atoms in total. The van der Waals surface area contributed by atoms with E-state index in [9.17, 15) is 18.0 Å². The minimum atomic E-state index is -4.11. The lowest BCUT2D eigenvalue weighted by atomic mass is 10.2. The number of sulfonamides is 1. The Bertz CT molecular complexity index is 1450. The van der Waals surface area contributed by atoms with E-state index in [1.54, 1.807) is 35.7 Å². The average Bonchev–Trinajstić information content (AvgIpc) is 3.35. The molecule has 0 aromatic heterocycles. The Kier molecular flexibility index (Phi) is 6.15. The molecule has 0 fully saturated rings. The fourth-order valence-corrected chi connectivity index (χ4v) is 6.32. The van der Waals surface area contributed by atoms with Crippen molar-refractivity contribution in [2.24, 2.45) is 0 Å². The SMILES string of the molecule is COc1ccc(-n2c3cssc-3c(NC(=O)NS(=O)(=O)c3ccc(C)cc3)c2=O)c(OC)c1. The zero-order chi connectivity index (χ0) is 23.8. The van der Waals surface area contributed by atoms with Gasteiger partial charge in [-0.25, -0.2) is 17.9 Å². The van der Waals surface area contributed by atoms with Crippen molar-refractivity contribution < 1.29 is 22.7 Å². The summed E-state index contributed by atoms with van der Waals surface area (Å²) in [6.07, 6.45) is 0. The summed E-state index contributed by atoms with van der Waals surface area (Å²) in [7, 11) is 1.55. The highest BCUT2D eigenvalue weighted by atomic mass is 32.9. The maximum atomic E-state index is 13.3. The molecule has 2 aromatic rings. The number of aryl methyl sites for hydroxylation is 1. The zero-order valence-corrected chi connectivity index (χ0v) is 20.2. The number of nitrogens with zero attached hydrogens (tertiary/aromatic N) is 1. The van der Waals surface area contributed by atoms with E-state index in [0.717, 1.165) is 5.56 Å². The van der Waals surface area contributed by atoms with Crippen molar-refractivity contribution in [1.29, 1.82) is 0 Å². The topological polar surface area (TPSA) is 116 Å². The molecule has 4 rings (SSSR count). The average molecular weight is 506 g/mol. The summed E-state index contributed by atoms with van der Waals surface area (Å²) in [6, 6.07) is 10.0. The van der Waals surface area contributed by atoms with Gasteiger partial charge in [0.25, 0.3) is 15.6 Å². The molecular formula is C21H19N3O6S3. The number of urea groups is 1. The Hall–Kier alpha value is -3.35. The number of hydrogen-bond donors (Lipinski definition) is 2. The smallest absolute Gasteiger partial charge is 0.333 e. The van der Waals surface area contributed by atoms with Crippen LogP contribution in [0.1, 0.15) is 5.56 Å². The van der Waals surface area contributed by atoms with Crippen molar-refractivity contribution in [3.05, 3.63) is 63.8 Å². The number of benzene rings is 2. The Balaban J connectivity index is 1.68. The molecule has 0 saturated heterocycles. The molecule has 0 saturated carbocycles. The predicted molar refractivity (Wildman–Crippen MR) is 128 cm³/mol. The van der Waals surface area contributed by atoms with Gasteiger partial charge >= 0.3 is 6.03 Å². The van der Waals surface area contributed by atoms with Crippen molar-refractivity contribution in [3.63, 3.8) is 0 Å². The second kappa shape index (κ2) is 8.89. The lowest BCUT2D eigenvalue weighted by molar-refractivity contribution is 0.256. The van der Waals surface area contributed by atoms with E-state index in [1.165, 1.54) is 51.6 Å². The minimum Gasteiger partial charge on any atom is -0.497 e. The predicted octanol–water partition coefficient (Wildman–Crippen LogP) is 3.90. The quantitative estimate of drug-likeness (QED) is 0.384. The maximum absolute atomic E-state index is 13.3. The third-order valence-electron chi connectivity index (χ3n) is 4.83. The molecule has 2 aliphatic rings. The number of fused-ring (bicyclic) bond motifs is 1. The van der Waals surface area contributed by atoms with Crippen molar-refractivity contribution in [3.8, 4) is 27.8 Å².